The summed E-state index contributed by atoms with van der Waals surface area (Å²) in [4.78, 5) is 23.4. The number of hydrogen-bond donors (Lipinski definition) is 4. The van der Waals surface area contributed by atoms with E-state index in [4.69, 9.17) is 14.5 Å². The topological polar surface area (TPSA) is 112 Å². The summed E-state index contributed by atoms with van der Waals surface area (Å²) >= 11 is 0. The van der Waals surface area contributed by atoms with E-state index in [0.717, 1.165) is 34.7 Å². The second-order valence-electron chi connectivity index (χ2n) is 10.3. The molecule has 1 saturated carbocycles. The van der Waals surface area contributed by atoms with Crippen molar-refractivity contribution in [2.75, 3.05) is 35.4 Å². The van der Waals surface area contributed by atoms with E-state index < -0.39 is 21.9 Å². The van der Waals surface area contributed by atoms with Crippen molar-refractivity contribution in [3.63, 3.8) is 0 Å². The van der Waals surface area contributed by atoms with Crippen molar-refractivity contribution < 1.29 is 13.9 Å². The normalized spacial score (nSPS) is 17.5. The summed E-state index contributed by atoms with van der Waals surface area (Å²) in [7, 11) is 1.01. The number of carbonyl (C=O) groups is 1. The van der Waals surface area contributed by atoms with Gasteiger partial charge in [0.1, 0.15) is 17.4 Å². The van der Waals surface area contributed by atoms with Gasteiger partial charge in [-0.3, -0.25) is 9.57 Å². The minimum atomic E-state index is -0.672. The van der Waals surface area contributed by atoms with Crippen molar-refractivity contribution in [2.45, 2.75) is 36.0 Å². The molecule has 1 aliphatic heterocycles. The molecule has 4 bridgehead atoms. The van der Waals surface area contributed by atoms with Crippen molar-refractivity contribution in [3.8, 4) is 16.9 Å². The highest BCUT2D eigenvalue weighted by Crippen LogP contribution is 2.49. The smallest absolute Gasteiger partial charge is 0.235 e. The lowest BCUT2D eigenvalue weighted by Crippen LogP contribution is -2.28. The highest BCUT2D eigenvalue weighted by molar-refractivity contribution is 7.86. The molecule has 1 aromatic heterocycles. The molecule has 210 valence electrons. The molecule has 1 atom stereocenters. The van der Waals surface area contributed by atoms with Crippen LogP contribution in [0, 0.1) is 10.6 Å². The van der Waals surface area contributed by atoms with Gasteiger partial charge in [-0.2, -0.15) is 4.98 Å². The number of ether oxygens (including phenoxy) is 1. The molecule has 2 aliphatic rings. The van der Waals surface area contributed by atoms with Gasteiger partial charge in [0.05, 0.1) is 18.2 Å². The van der Waals surface area contributed by atoms with Gasteiger partial charge in [0.15, 0.2) is 0 Å². The van der Waals surface area contributed by atoms with Crippen molar-refractivity contribution in [2.24, 2.45) is 0 Å². The van der Waals surface area contributed by atoms with Gasteiger partial charge in [-0.15, -0.1) is 0 Å². The van der Waals surface area contributed by atoms with Gasteiger partial charge in [-0.25, -0.2) is 9.37 Å². The van der Waals surface area contributed by atoms with E-state index in [-0.39, 0.29) is 11.6 Å². The average molecular weight is 571 g/mol. The zero-order valence-electron chi connectivity index (χ0n) is 22.7. The van der Waals surface area contributed by atoms with Crippen LogP contribution in [-0.4, -0.2) is 35.3 Å². The van der Waals surface area contributed by atoms with Crippen LogP contribution in [0.4, 0.5) is 27.5 Å². The molecular weight excluding hydrogens is 539 g/mol. The molecule has 6 rings (SSSR count). The molecule has 1 fully saturated rings. The Morgan fingerprint density at radius 2 is 1.95 bits per heavy atom. The lowest BCUT2D eigenvalue weighted by atomic mass is 9.94. The molecule has 4 N–H and O–H groups in total. The Morgan fingerprint density at radius 3 is 2.76 bits per heavy atom. The summed E-state index contributed by atoms with van der Waals surface area (Å²) < 4.78 is 29.2. The summed E-state index contributed by atoms with van der Waals surface area (Å²) in [6.07, 6.45) is 4.86. The first-order valence-corrected chi connectivity index (χ1v) is 15.0. The van der Waals surface area contributed by atoms with Crippen molar-refractivity contribution in [3.05, 3.63) is 84.3 Å². The van der Waals surface area contributed by atoms with Crippen LogP contribution in [0.15, 0.2) is 77.8 Å². The zero-order valence-corrected chi connectivity index (χ0v) is 23.5. The number of hydrogen-bond acceptors (Lipinski definition) is 7. The molecule has 41 heavy (non-hydrogen) atoms. The van der Waals surface area contributed by atoms with Gasteiger partial charge in [0, 0.05) is 34.6 Å². The number of nitrogens with zero attached hydrogens (tertiary/aromatic N) is 2. The van der Waals surface area contributed by atoms with Gasteiger partial charge in [0.2, 0.25) is 11.9 Å². The van der Waals surface area contributed by atoms with Crippen molar-refractivity contribution in [1.29, 1.82) is 4.78 Å². The van der Waals surface area contributed by atoms with Gasteiger partial charge in [-0.05, 0) is 79.3 Å². The Morgan fingerprint density at radius 1 is 1.10 bits per heavy atom. The van der Waals surface area contributed by atoms with E-state index in [0.29, 0.717) is 48.0 Å². The molecular formula is C31H31FN6O2S. The number of halogens is 1. The van der Waals surface area contributed by atoms with Crippen LogP contribution >= 0.6 is 0 Å². The number of carbonyl (C=O) groups excluding carboxylic acids is 1. The van der Waals surface area contributed by atoms with Crippen molar-refractivity contribution >= 4 is 39.7 Å². The Hall–Kier alpha value is -4.31. The van der Waals surface area contributed by atoms with Gasteiger partial charge < -0.3 is 20.7 Å². The molecule has 1 amide bonds. The average Bonchev–Trinajstić information content (AvgIpc) is 3.80. The molecule has 0 radical (unpaired) electrons. The molecule has 1 unspecified atom stereocenters. The highest BCUT2D eigenvalue weighted by Gasteiger charge is 2.51. The Balaban J connectivity index is 1.24. The Kier molecular flexibility index (Phi) is 7.40. The minimum absolute atomic E-state index is 0.130. The van der Waals surface area contributed by atoms with E-state index in [9.17, 15) is 4.79 Å². The second kappa shape index (κ2) is 11.3. The second-order valence-corrected chi connectivity index (χ2v) is 12.0. The van der Waals surface area contributed by atoms with Gasteiger partial charge in [0.25, 0.3) is 0 Å². The standard InChI is InChI=1S/C31H31FN6O2S/c1-40-23-8-4-6-21(17-23)31(12-13-31)29(39)37-27-11-10-20(16-26(27)32)25-19-35-30-36-22-7-5-9-24(18-22)41(33)15-3-2-14-34-28(25)38-30/h4-11,16-19,33H,2-3,12-15H2,1H3,(H,37,39)(H2,34,35,36,38). The summed E-state index contributed by atoms with van der Waals surface area (Å²) in [5.41, 5.74) is 2.40. The van der Waals surface area contributed by atoms with Gasteiger partial charge >= 0.3 is 0 Å². The number of benzene rings is 3. The highest BCUT2D eigenvalue weighted by atomic mass is 32.2. The first kappa shape index (κ1) is 26.9. The van der Waals surface area contributed by atoms with E-state index in [1.54, 1.807) is 25.4 Å². The maximum absolute atomic E-state index is 15.4. The zero-order chi connectivity index (χ0) is 28.4. The molecule has 2 heterocycles. The number of anilines is 4. The number of aromatic nitrogens is 2. The Labute approximate surface area is 240 Å². The molecule has 0 spiro atoms. The molecule has 10 heteroatoms. The fourth-order valence-electron chi connectivity index (χ4n) is 5.06. The maximum atomic E-state index is 15.4. The lowest BCUT2D eigenvalue weighted by molar-refractivity contribution is -0.118. The van der Waals surface area contributed by atoms with Crippen LogP contribution in [0.5, 0.6) is 5.75 Å². The number of rotatable bonds is 5. The molecule has 0 saturated heterocycles. The minimum Gasteiger partial charge on any atom is -0.497 e. The third-order valence-electron chi connectivity index (χ3n) is 7.57. The maximum Gasteiger partial charge on any atom is 0.235 e. The first-order chi connectivity index (χ1) is 19.9. The summed E-state index contributed by atoms with van der Waals surface area (Å²) in [6, 6.07) is 20.1. The summed E-state index contributed by atoms with van der Waals surface area (Å²) in [6.45, 7) is 0.668. The van der Waals surface area contributed by atoms with Gasteiger partial charge in [-0.1, -0.05) is 35.0 Å². The number of amides is 1. The fraction of sp³-hybridized carbons (Fsp3) is 0.258. The quantitative estimate of drug-likeness (QED) is 0.214. The van der Waals surface area contributed by atoms with Crippen LogP contribution < -0.4 is 20.7 Å². The number of methoxy groups -OCH3 is 1. The Bertz CT molecular complexity index is 1640. The largest absolute Gasteiger partial charge is 0.497 e. The third kappa shape index (κ3) is 5.65. The number of nitrogens with one attached hydrogen (secondary N) is 4. The first-order valence-electron chi connectivity index (χ1n) is 13.6. The van der Waals surface area contributed by atoms with E-state index >= 15 is 4.39 Å². The fourth-order valence-corrected chi connectivity index (χ4v) is 6.30. The number of fused-ring (bicyclic) bond motifs is 4. The van der Waals surface area contributed by atoms with Crippen LogP contribution in [-0.2, 0) is 20.9 Å². The SMILES string of the molecule is COc1cccc(C2(C(=O)Nc3ccc(-c4cnc5nc4NCCCCS(=N)c4cccc(c4)N5)cc3F)CC2)c1. The van der Waals surface area contributed by atoms with Crippen molar-refractivity contribution in [1.82, 2.24) is 9.97 Å². The molecule has 1 aliphatic carbocycles. The van der Waals surface area contributed by atoms with Crippen LogP contribution in [0.3, 0.4) is 0 Å². The summed E-state index contributed by atoms with van der Waals surface area (Å²) in [5, 5.41) is 9.43. The van der Waals surface area contributed by atoms with Crippen LogP contribution in [0.2, 0.25) is 0 Å². The lowest BCUT2D eigenvalue weighted by Gasteiger charge is -2.17. The van der Waals surface area contributed by atoms with E-state index in [2.05, 4.69) is 20.9 Å². The van der Waals surface area contributed by atoms with Crippen LogP contribution in [0.1, 0.15) is 31.2 Å². The monoisotopic (exact) mass is 570 g/mol. The van der Waals surface area contributed by atoms with Crippen LogP contribution in [0.25, 0.3) is 11.1 Å². The third-order valence-corrected chi connectivity index (χ3v) is 9.09. The molecule has 3 aromatic carbocycles. The van der Waals surface area contributed by atoms with E-state index in [1.807, 2.05) is 48.5 Å². The predicted molar refractivity (Wildman–Crippen MR) is 161 cm³/mol. The molecule has 8 nitrogen and oxygen atoms in total. The predicted octanol–water partition coefficient (Wildman–Crippen LogP) is 6.65. The molecule has 4 aromatic rings. The summed E-state index contributed by atoms with van der Waals surface area (Å²) in [5.74, 6) is 1.72. The van der Waals surface area contributed by atoms with E-state index in [1.165, 1.54) is 6.07 Å².